The topological polar surface area (TPSA) is 72.7 Å². The van der Waals surface area contributed by atoms with Gasteiger partial charge < -0.3 is 20.6 Å². The molecule has 4 heteroatoms. The van der Waals surface area contributed by atoms with Crippen molar-refractivity contribution in [3.8, 4) is 0 Å². The minimum Gasteiger partial charge on any atom is -0.495 e. The lowest BCUT2D eigenvalue weighted by Crippen LogP contribution is -2.43. The smallest absolute Gasteiger partial charge is 0.268 e. The summed E-state index contributed by atoms with van der Waals surface area (Å²) >= 11 is 0. The Morgan fingerprint density at radius 1 is 1.44 bits per heavy atom. The Morgan fingerprint density at radius 3 is 2.44 bits per heavy atom. The first-order valence-corrected chi connectivity index (χ1v) is 2.41. The Bertz CT molecular complexity index is 171. The molecule has 0 saturated heterocycles. The van der Waals surface area contributed by atoms with E-state index in [1.54, 1.807) is 0 Å². The number of rotatable bonds is 0. The molecule has 9 heavy (non-hydrogen) atoms. The van der Waals surface area contributed by atoms with E-state index in [-0.39, 0.29) is 5.88 Å². The Labute approximate surface area is 51.7 Å². The van der Waals surface area contributed by atoms with Gasteiger partial charge >= 0.3 is 0 Å². The molecule has 0 fully saturated rings. The van der Waals surface area contributed by atoms with Crippen molar-refractivity contribution in [1.82, 2.24) is 5.32 Å². The maximum absolute atomic E-state index is 8.70. The summed E-state index contributed by atoms with van der Waals surface area (Å²) in [6, 6.07) is 0. The zero-order valence-electron chi connectivity index (χ0n) is 4.57. The van der Waals surface area contributed by atoms with Crippen LogP contribution < -0.4 is 5.32 Å². The third kappa shape index (κ3) is 1.45. The molecule has 50 valence electrons. The minimum absolute atomic E-state index is 0.262. The van der Waals surface area contributed by atoms with Crippen molar-refractivity contribution < 1.29 is 15.3 Å². The monoisotopic (exact) mass is 129 g/mol. The second-order valence-electron chi connectivity index (χ2n) is 1.76. The highest BCUT2D eigenvalue weighted by Crippen LogP contribution is 2.04. The van der Waals surface area contributed by atoms with Crippen LogP contribution in [-0.2, 0) is 0 Å². The van der Waals surface area contributed by atoms with Gasteiger partial charge in [-0.05, 0) is 12.2 Å². The summed E-state index contributed by atoms with van der Waals surface area (Å²) in [6.07, 6.45) is 3.75. The number of aliphatic hydroxyl groups excluding tert-OH is 1. The Hall–Kier alpha value is -1.00. The summed E-state index contributed by atoms with van der Waals surface area (Å²) in [5.41, 5.74) is 0. The van der Waals surface area contributed by atoms with E-state index in [9.17, 15) is 0 Å². The summed E-state index contributed by atoms with van der Waals surface area (Å²) in [4.78, 5) is 0. The molecule has 0 spiro atoms. The Kier molecular flexibility index (Phi) is 1.19. The van der Waals surface area contributed by atoms with Crippen LogP contribution in [0.5, 0.6) is 0 Å². The summed E-state index contributed by atoms with van der Waals surface area (Å²) in [6.45, 7) is 0. The van der Waals surface area contributed by atoms with Gasteiger partial charge in [-0.25, -0.2) is 0 Å². The molecule has 0 aliphatic carbocycles. The van der Waals surface area contributed by atoms with Crippen LogP contribution in [0.4, 0.5) is 0 Å². The first-order valence-electron chi connectivity index (χ1n) is 2.41. The van der Waals surface area contributed by atoms with Gasteiger partial charge in [-0.2, -0.15) is 0 Å². The van der Waals surface area contributed by atoms with Gasteiger partial charge in [-0.3, -0.25) is 0 Å². The van der Waals surface area contributed by atoms with Crippen molar-refractivity contribution in [2.45, 2.75) is 5.91 Å². The number of aliphatic hydroxyl groups is 3. The number of nitrogens with one attached hydrogen (secondary N) is 1. The van der Waals surface area contributed by atoms with Gasteiger partial charge in [0.25, 0.3) is 5.91 Å². The number of dihydropyridines is 1. The lowest BCUT2D eigenvalue weighted by atomic mass is 10.3. The van der Waals surface area contributed by atoms with E-state index in [0.29, 0.717) is 0 Å². The van der Waals surface area contributed by atoms with E-state index in [4.69, 9.17) is 15.3 Å². The highest BCUT2D eigenvalue weighted by molar-refractivity contribution is 5.15. The average Bonchev–Trinajstić information content (AvgIpc) is 1.60. The summed E-state index contributed by atoms with van der Waals surface area (Å²) < 4.78 is 0. The molecular weight excluding hydrogens is 122 g/mol. The number of allylic oxidation sites excluding steroid dienone is 2. The van der Waals surface area contributed by atoms with Crippen LogP contribution >= 0.6 is 0 Å². The molecular formula is C5H7NO3. The van der Waals surface area contributed by atoms with E-state index >= 15 is 0 Å². The van der Waals surface area contributed by atoms with Gasteiger partial charge in [0, 0.05) is 0 Å². The summed E-state index contributed by atoms with van der Waals surface area (Å²) in [5, 5.41) is 28.0. The fourth-order valence-electron chi connectivity index (χ4n) is 0.545. The third-order valence-electron chi connectivity index (χ3n) is 0.895. The molecule has 0 atom stereocenters. The molecule has 0 aromatic carbocycles. The van der Waals surface area contributed by atoms with E-state index in [1.807, 2.05) is 5.32 Å². The predicted molar refractivity (Wildman–Crippen MR) is 30.2 cm³/mol. The van der Waals surface area contributed by atoms with Crippen LogP contribution in [0.15, 0.2) is 24.1 Å². The van der Waals surface area contributed by atoms with Crippen LogP contribution in [0, 0.1) is 0 Å². The molecule has 0 saturated carbocycles. The minimum atomic E-state index is -2.10. The predicted octanol–water partition coefficient (Wildman–Crippen LogP) is -0.816. The molecule has 4 N–H and O–H groups in total. The van der Waals surface area contributed by atoms with Crippen molar-refractivity contribution in [2.75, 3.05) is 0 Å². The van der Waals surface area contributed by atoms with Crippen molar-refractivity contribution in [3.05, 3.63) is 24.1 Å². The molecule has 1 aliphatic heterocycles. The second-order valence-corrected chi connectivity index (χ2v) is 1.76. The van der Waals surface area contributed by atoms with Gasteiger partial charge in [0.2, 0.25) is 0 Å². The molecule has 4 nitrogen and oxygen atoms in total. The normalized spacial score (nSPS) is 22.7. The molecule has 0 radical (unpaired) electrons. The van der Waals surface area contributed by atoms with Crippen molar-refractivity contribution >= 4 is 0 Å². The second kappa shape index (κ2) is 1.75. The van der Waals surface area contributed by atoms with E-state index in [1.165, 1.54) is 12.2 Å². The molecule has 0 aromatic rings. The Balaban J connectivity index is 2.73. The quantitative estimate of drug-likeness (QED) is 0.322. The van der Waals surface area contributed by atoms with Gasteiger partial charge in [0.05, 0.1) is 0 Å². The molecule has 0 bridgehead atoms. The van der Waals surface area contributed by atoms with Crippen LogP contribution in [0.2, 0.25) is 0 Å². The molecule has 1 rings (SSSR count). The average molecular weight is 129 g/mol. The van der Waals surface area contributed by atoms with Crippen LogP contribution in [0.3, 0.4) is 0 Å². The Morgan fingerprint density at radius 2 is 2.11 bits per heavy atom. The van der Waals surface area contributed by atoms with Gasteiger partial charge in [-0.15, -0.1) is 0 Å². The molecule has 1 aliphatic rings. The van der Waals surface area contributed by atoms with Crippen LogP contribution in [0.1, 0.15) is 0 Å². The number of hydrogen-bond donors (Lipinski definition) is 4. The summed E-state index contributed by atoms with van der Waals surface area (Å²) in [7, 11) is 0. The van der Waals surface area contributed by atoms with Gasteiger partial charge in [0.1, 0.15) is 0 Å². The SMILES string of the molecule is OC1=CC=CC(O)(O)N1. The largest absolute Gasteiger partial charge is 0.495 e. The third-order valence-corrected chi connectivity index (χ3v) is 0.895. The molecule has 0 unspecified atom stereocenters. The zero-order chi connectivity index (χ0) is 6.91. The van der Waals surface area contributed by atoms with Gasteiger partial charge in [0.15, 0.2) is 5.88 Å². The van der Waals surface area contributed by atoms with Crippen molar-refractivity contribution in [3.63, 3.8) is 0 Å². The maximum atomic E-state index is 8.70. The first kappa shape index (κ1) is 6.12. The maximum Gasteiger partial charge on any atom is 0.268 e. The van der Waals surface area contributed by atoms with Crippen LogP contribution in [0.25, 0.3) is 0 Å². The van der Waals surface area contributed by atoms with Gasteiger partial charge in [-0.1, -0.05) is 6.08 Å². The highest BCUT2D eigenvalue weighted by Gasteiger charge is 2.20. The number of hydrogen-bond acceptors (Lipinski definition) is 4. The van der Waals surface area contributed by atoms with Crippen molar-refractivity contribution in [1.29, 1.82) is 0 Å². The standard InChI is InChI=1S/C5H7NO3/c7-4-2-1-3-5(8,9)6-4/h1-3,6-9H. The fraction of sp³-hybridized carbons (Fsp3) is 0.200. The van der Waals surface area contributed by atoms with E-state index in [0.717, 1.165) is 6.08 Å². The first-order chi connectivity index (χ1) is 4.10. The highest BCUT2D eigenvalue weighted by atomic mass is 16.5. The zero-order valence-corrected chi connectivity index (χ0v) is 4.57. The van der Waals surface area contributed by atoms with Crippen LogP contribution in [-0.4, -0.2) is 21.2 Å². The molecule has 0 aromatic heterocycles. The lowest BCUT2D eigenvalue weighted by molar-refractivity contribution is -0.143. The summed E-state index contributed by atoms with van der Waals surface area (Å²) in [5.74, 6) is -2.36. The van der Waals surface area contributed by atoms with E-state index in [2.05, 4.69) is 0 Å². The lowest BCUT2D eigenvalue weighted by Gasteiger charge is -2.21. The fourth-order valence-corrected chi connectivity index (χ4v) is 0.545. The molecule has 0 amide bonds. The van der Waals surface area contributed by atoms with Crippen molar-refractivity contribution in [2.24, 2.45) is 0 Å². The molecule has 1 heterocycles. The van der Waals surface area contributed by atoms with E-state index < -0.39 is 5.91 Å².